The van der Waals surface area contributed by atoms with E-state index in [0.717, 1.165) is 29.7 Å². The van der Waals surface area contributed by atoms with Crippen LogP contribution < -0.4 is 5.32 Å². The van der Waals surface area contributed by atoms with Gasteiger partial charge < -0.3 is 10.2 Å². The van der Waals surface area contributed by atoms with Crippen molar-refractivity contribution in [2.24, 2.45) is 0 Å². The van der Waals surface area contributed by atoms with Gasteiger partial charge in [-0.05, 0) is 57.5 Å². The van der Waals surface area contributed by atoms with Crippen molar-refractivity contribution < 1.29 is 13.6 Å². The van der Waals surface area contributed by atoms with Crippen LogP contribution in [-0.2, 0) is 10.2 Å². The Labute approximate surface area is 186 Å². The second-order valence-corrected chi connectivity index (χ2v) is 8.75. The third-order valence-electron chi connectivity index (χ3n) is 5.95. The molecule has 1 aliphatic rings. The minimum Gasteiger partial charge on any atom is -0.341 e. The normalized spacial score (nSPS) is 16.3. The molecule has 0 aliphatic carbocycles. The van der Waals surface area contributed by atoms with Crippen LogP contribution in [0.2, 0.25) is 0 Å². The van der Waals surface area contributed by atoms with E-state index >= 15 is 0 Å². The van der Waals surface area contributed by atoms with Crippen LogP contribution in [0.4, 0.5) is 20.3 Å². The van der Waals surface area contributed by atoms with Crippen molar-refractivity contribution in [2.45, 2.75) is 38.5 Å². The summed E-state index contributed by atoms with van der Waals surface area (Å²) >= 11 is 0. The lowest BCUT2D eigenvalue weighted by molar-refractivity contribution is -0.135. The van der Waals surface area contributed by atoms with E-state index in [1.54, 1.807) is 43.0 Å². The molecule has 1 aromatic carbocycles. The second-order valence-electron chi connectivity index (χ2n) is 8.75. The van der Waals surface area contributed by atoms with E-state index < -0.39 is 11.2 Å². The number of rotatable bonds is 5. The zero-order valence-electron chi connectivity index (χ0n) is 18.4. The number of carbonyl (C=O) groups is 1. The van der Waals surface area contributed by atoms with Crippen molar-refractivity contribution in [1.29, 1.82) is 0 Å². The highest BCUT2D eigenvalue weighted by atomic mass is 19.1. The van der Waals surface area contributed by atoms with Gasteiger partial charge in [-0.1, -0.05) is 18.2 Å². The van der Waals surface area contributed by atoms with E-state index in [-0.39, 0.29) is 17.6 Å². The number of aryl methyl sites for hydroxylation is 1. The number of amides is 1. The molecule has 2 aromatic heterocycles. The van der Waals surface area contributed by atoms with Crippen molar-refractivity contribution >= 4 is 17.4 Å². The summed E-state index contributed by atoms with van der Waals surface area (Å²) in [6.45, 7) is 6.57. The maximum atomic E-state index is 14.4. The van der Waals surface area contributed by atoms with E-state index in [9.17, 15) is 13.6 Å². The molecule has 1 N–H and O–H groups in total. The number of aromatic nitrogens is 2. The molecule has 0 bridgehead atoms. The number of carbonyl (C=O) groups excluding carboxylic acids is 1. The smallest absolute Gasteiger partial charge is 0.232 e. The minimum absolute atomic E-state index is 0.0806. The Balaban J connectivity index is 1.50. The van der Waals surface area contributed by atoms with Crippen molar-refractivity contribution in [3.8, 4) is 0 Å². The van der Waals surface area contributed by atoms with Crippen molar-refractivity contribution in [3.63, 3.8) is 0 Å². The van der Waals surface area contributed by atoms with Crippen LogP contribution in [0, 0.1) is 18.6 Å². The van der Waals surface area contributed by atoms with Gasteiger partial charge in [-0.15, -0.1) is 0 Å². The van der Waals surface area contributed by atoms with E-state index in [1.807, 2.05) is 19.1 Å². The van der Waals surface area contributed by atoms with Crippen LogP contribution in [-0.4, -0.2) is 33.9 Å². The van der Waals surface area contributed by atoms with Crippen molar-refractivity contribution in [1.82, 2.24) is 14.9 Å². The maximum Gasteiger partial charge on any atom is 0.232 e. The molecule has 0 saturated carbocycles. The second kappa shape index (κ2) is 8.65. The fourth-order valence-corrected chi connectivity index (χ4v) is 4.24. The number of hydrogen-bond donors (Lipinski definition) is 1. The van der Waals surface area contributed by atoms with Crippen LogP contribution in [0.1, 0.15) is 43.1 Å². The Kier molecular flexibility index (Phi) is 5.91. The quantitative estimate of drug-likeness (QED) is 0.605. The molecule has 5 nitrogen and oxygen atoms in total. The molecular weight excluding hydrogens is 410 g/mol. The summed E-state index contributed by atoms with van der Waals surface area (Å²) in [5.41, 5.74) is 1.97. The molecule has 7 heteroatoms. The van der Waals surface area contributed by atoms with Gasteiger partial charge >= 0.3 is 0 Å². The summed E-state index contributed by atoms with van der Waals surface area (Å²) in [5, 5.41) is 3.18. The van der Waals surface area contributed by atoms with Crippen LogP contribution in [0.25, 0.3) is 0 Å². The molecule has 0 unspecified atom stereocenters. The first-order valence-electron chi connectivity index (χ1n) is 10.7. The average Bonchev–Trinajstić information content (AvgIpc) is 3.25. The predicted octanol–water partition coefficient (Wildman–Crippen LogP) is 5.10. The topological polar surface area (TPSA) is 58.1 Å². The number of nitrogens with one attached hydrogen (secondary N) is 1. The third-order valence-corrected chi connectivity index (χ3v) is 5.95. The number of anilines is 2. The van der Waals surface area contributed by atoms with E-state index in [2.05, 4.69) is 15.3 Å². The van der Waals surface area contributed by atoms with Gasteiger partial charge in [0, 0.05) is 41.6 Å². The molecular formula is C25H26F2N4O. The lowest BCUT2D eigenvalue weighted by Gasteiger charge is -2.30. The lowest BCUT2D eigenvalue weighted by atomic mass is 9.83. The highest BCUT2D eigenvalue weighted by Crippen LogP contribution is 2.34. The number of benzene rings is 1. The molecule has 32 heavy (non-hydrogen) atoms. The van der Waals surface area contributed by atoms with Gasteiger partial charge in [-0.25, -0.2) is 13.8 Å². The number of halogens is 2. The molecule has 1 aliphatic heterocycles. The molecule has 1 atom stereocenters. The number of hydrogen-bond acceptors (Lipinski definition) is 4. The lowest BCUT2D eigenvalue weighted by Crippen LogP contribution is -2.42. The molecule has 1 amide bonds. The van der Waals surface area contributed by atoms with Gasteiger partial charge in [0.2, 0.25) is 5.91 Å². The van der Waals surface area contributed by atoms with Crippen molar-refractivity contribution in [3.05, 3.63) is 83.3 Å². The number of likely N-dealkylation sites (tertiary alicyclic amines) is 1. The summed E-state index contributed by atoms with van der Waals surface area (Å²) in [4.78, 5) is 23.8. The molecule has 0 spiro atoms. The summed E-state index contributed by atoms with van der Waals surface area (Å²) in [7, 11) is 0. The Morgan fingerprint density at radius 3 is 2.66 bits per heavy atom. The van der Waals surface area contributed by atoms with Gasteiger partial charge in [-0.2, -0.15) is 0 Å². The first-order chi connectivity index (χ1) is 15.2. The Bertz CT molecular complexity index is 1130. The summed E-state index contributed by atoms with van der Waals surface area (Å²) in [5.74, 6) is -0.232. The molecule has 3 heterocycles. The summed E-state index contributed by atoms with van der Waals surface area (Å²) < 4.78 is 27.5. The molecule has 4 rings (SSSR count). The number of nitrogens with zero attached hydrogens (tertiary/aromatic N) is 3. The van der Waals surface area contributed by atoms with Gasteiger partial charge in [0.05, 0.1) is 11.6 Å². The first-order valence-corrected chi connectivity index (χ1v) is 10.7. The van der Waals surface area contributed by atoms with Gasteiger partial charge in [0.25, 0.3) is 0 Å². The molecule has 3 aromatic rings. The van der Waals surface area contributed by atoms with Crippen LogP contribution in [0.3, 0.4) is 0 Å². The fraction of sp³-hybridized carbons (Fsp3) is 0.320. The van der Waals surface area contributed by atoms with Gasteiger partial charge in [0.1, 0.15) is 17.5 Å². The summed E-state index contributed by atoms with van der Waals surface area (Å²) in [6, 6.07) is 13.2. The number of pyridine rings is 2. The van der Waals surface area contributed by atoms with E-state index in [0.29, 0.717) is 24.5 Å². The largest absolute Gasteiger partial charge is 0.341 e. The highest BCUT2D eigenvalue weighted by molar-refractivity contribution is 5.87. The Morgan fingerprint density at radius 1 is 1.16 bits per heavy atom. The molecule has 1 fully saturated rings. The molecule has 1 saturated heterocycles. The zero-order chi connectivity index (χ0) is 22.9. The Morgan fingerprint density at radius 2 is 1.94 bits per heavy atom. The monoisotopic (exact) mass is 436 g/mol. The van der Waals surface area contributed by atoms with E-state index in [4.69, 9.17) is 0 Å². The van der Waals surface area contributed by atoms with Crippen molar-refractivity contribution in [2.75, 3.05) is 18.4 Å². The van der Waals surface area contributed by atoms with Crippen LogP contribution >= 0.6 is 0 Å². The van der Waals surface area contributed by atoms with Gasteiger partial charge in [-0.3, -0.25) is 9.78 Å². The fourth-order valence-electron chi connectivity index (χ4n) is 4.24. The highest BCUT2D eigenvalue weighted by Gasteiger charge is 2.39. The predicted molar refractivity (Wildman–Crippen MR) is 120 cm³/mol. The molecule has 0 radical (unpaired) electrons. The van der Waals surface area contributed by atoms with Crippen LogP contribution in [0.5, 0.6) is 0 Å². The zero-order valence-corrected chi connectivity index (χ0v) is 18.4. The SMILES string of the molecule is Cc1cc(Nc2ccc(F)cn2)cc([C@H]2CCN(C(=O)C(C)(C)c3ccccc3F)C2)n1. The minimum atomic E-state index is -0.957. The van der Waals surface area contributed by atoms with Crippen LogP contribution in [0.15, 0.2) is 54.7 Å². The Hall–Kier alpha value is -3.35. The summed E-state index contributed by atoms with van der Waals surface area (Å²) in [6.07, 6.45) is 1.94. The van der Waals surface area contributed by atoms with E-state index in [1.165, 1.54) is 12.1 Å². The maximum absolute atomic E-state index is 14.4. The standard InChI is InChI=1S/C25H26F2N4O/c1-16-12-19(30-23-9-8-18(26)14-28-23)13-22(29-16)17-10-11-31(15-17)24(32)25(2,3)20-6-4-5-7-21(20)27/h4-9,12-14,17H,10-11,15H2,1-3H3,(H,28,29,30)/t17-/m0/s1. The first kappa shape index (κ1) is 21.9. The third kappa shape index (κ3) is 4.47. The average molecular weight is 437 g/mol. The van der Waals surface area contributed by atoms with Gasteiger partial charge in [0.15, 0.2) is 0 Å². The molecule has 166 valence electrons.